The van der Waals surface area contributed by atoms with Crippen LogP contribution in [-0.2, 0) is 15.6 Å². The summed E-state index contributed by atoms with van der Waals surface area (Å²) in [6.07, 6.45) is 3.20. The summed E-state index contributed by atoms with van der Waals surface area (Å²) in [4.78, 5) is 32.5. The maximum atomic E-state index is 12.9. The molecule has 2 fully saturated rings. The van der Waals surface area contributed by atoms with Gasteiger partial charge in [0.15, 0.2) is 5.75 Å². The highest BCUT2D eigenvalue weighted by atomic mass is 32.2. The number of rotatable bonds is 7. The van der Waals surface area contributed by atoms with Crippen molar-refractivity contribution in [1.29, 1.82) is 0 Å². The molecule has 1 aromatic rings. The fraction of sp³-hybridized carbons (Fsp3) is 0.522. The van der Waals surface area contributed by atoms with E-state index in [0.717, 1.165) is 37.8 Å². The van der Waals surface area contributed by atoms with Crippen molar-refractivity contribution >= 4 is 34.8 Å². The fourth-order valence-corrected chi connectivity index (χ4v) is 4.60. The number of nitrogens with one attached hydrogen (secondary N) is 1. The average molecular weight is 547 g/mol. The third-order valence-corrected chi connectivity index (χ3v) is 6.39. The van der Waals surface area contributed by atoms with Gasteiger partial charge in [0.25, 0.3) is 5.91 Å². The largest absolute Gasteiger partial charge is 0.573 e. The van der Waals surface area contributed by atoms with Gasteiger partial charge in [-0.2, -0.15) is 0 Å². The zero-order valence-electron chi connectivity index (χ0n) is 20.2. The Morgan fingerprint density at radius 2 is 1.73 bits per heavy atom. The summed E-state index contributed by atoms with van der Waals surface area (Å²) in [7, 11) is -3.25. The number of amides is 2. The van der Waals surface area contributed by atoms with Crippen LogP contribution in [0.25, 0.3) is 0 Å². The Morgan fingerprint density at radius 3 is 2.32 bits per heavy atom. The van der Waals surface area contributed by atoms with E-state index in [9.17, 15) is 31.2 Å². The van der Waals surface area contributed by atoms with Crippen LogP contribution in [0.4, 0.5) is 23.7 Å². The molecular formula is C23H29F3N4O6S. The second-order valence-corrected chi connectivity index (χ2v) is 9.30. The lowest BCUT2D eigenvalue weighted by atomic mass is 9.89. The van der Waals surface area contributed by atoms with E-state index in [0.29, 0.717) is 5.92 Å². The average Bonchev–Trinajstić information content (AvgIpc) is 2.84. The fourth-order valence-electron chi connectivity index (χ4n) is 4.22. The minimum Gasteiger partial charge on any atom is -0.404 e. The number of alkyl halides is 3. The predicted molar refractivity (Wildman–Crippen MR) is 130 cm³/mol. The molecule has 1 aliphatic heterocycles. The summed E-state index contributed by atoms with van der Waals surface area (Å²) in [5.41, 5.74) is -0.582. The molecule has 1 saturated heterocycles. The van der Waals surface area contributed by atoms with Crippen molar-refractivity contribution in [1.82, 2.24) is 9.80 Å². The van der Waals surface area contributed by atoms with Gasteiger partial charge in [0.2, 0.25) is 16.8 Å². The molecule has 2 aliphatic rings. The Bertz CT molecular complexity index is 1100. The molecule has 0 radical (unpaired) electrons. The molecule has 10 nitrogen and oxygen atoms in total. The van der Waals surface area contributed by atoms with Gasteiger partial charge < -0.3 is 19.3 Å². The number of carbonyl (C=O) groups excluding carboxylic acids is 2. The lowest BCUT2D eigenvalue weighted by molar-refractivity contribution is -0.274. The van der Waals surface area contributed by atoms with E-state index in [1.165, 1.54) is 22.3 Å². The van der Waals surface area contributed by atoms with Crippen LogP contribution in [0.2, 0.25) is 0 Å². The van der Waals surface area contributed by atoms with Crippen molar-refractivity contribution in [2.75, 3.05) is 30.9 Å². The van der Waals surface area contributed by atoms with Crippen LogP contribution in [0.15, 0.2) is 35.2 Å². The summed E-state index contributed by atoms with van der Waals surface area (Å²) < 4.78 is 71.3. The van der Waals surface area contributed by atoms with Crippen molar-refractivity contribution in [2.24, 2.45) is 10.9 Å². The van der Waals surface area contributed by atoms with Gasteiger partial charge in [-0.3, -0.25) is 9.52 Å². The Morgan fingerprint density at radius 1 is 1.08 bits per heavy atom. The van der Waals surface area contributed by atoms with E-state index in [1.807, 2.05) is 10.8 Å². The number of aliphatic imine (C=N–C) groups is 1. The molecule has 1 aliphatic carbocycles. The quantitative estimate of drug-likeness (QED) is 0.304. The van der Waals surface area contributed by atoms with Gasteiger partial charge in [-0.1, -0.05) is 19.3 Å². The molecule has 0 bridgehead atoms. The van der Waals surface area contributed by atoms with Crippen LogP contribution >= 0.6 is 0 Å². The van der Waals surface area contributed by atoms with E-state index in [4.69, 9.17) is 4.74 Å². The standard InChI is InChI=1S/C23H29F3N4O6S/c1-2-27-20(14-16-6-4-3-5-7-16)35-22(32)30-12-10-29(11-13-30)21(31)17-8-9-18(28-37(33)34)19(15-17)36-23(24,25)26/h2,8-9,14-16,37H,3-7,10-13H2,1H3,(H,28,33,34)/b20-14+,27-2-. The maximum Gasteiger partial charge on any atom is 0.573 e. The first-order valence-electron chi connectivity index (χ1n) is 11.8. The van der Waals surface area contributed by atoms with Gasteiger partial charge in [0.1, 0.15) is 0 Å². The van der Waals surface area contributed by atoms with Crippen LogP contribution < -0.4 is 9.46 Å². The Balaban J connectivity index is 1.63. The summed E-state index contributed by atoms with van der Waals surface area (Å²) in [6, 6.07) is 3.03. The molecule has 37 heavy (non-hydrogen) atoms. The molecule has 0 atom stereocenters. The third-order valence-electron chi connectivity index (χ3n) is 5.97. The van der Waals surface area contributed by atoms with Gasteiger partial charge in [-0.15, -0.1) is 13.2 Å². The number of hydrogen-bond donors (Lipinski definition) is 2. The number of ether oxygens (including phenoxy) is 2. The second-order valence-electron chi connectivity index (χ2n) is 8.57. The first-order valence-corrected chi connectivity index (χ1v) is 13.0. The molecule has 204 valence electrons. The molecule has 1 aromatic carbocycles. The predicted octanol–water partition coefficient (Wildman–Crippen LogP) is 3.93. The highest BCUT2D eigenvalue weighted by molar-refractivity contribution is 7.73. The molecule has 0 spiro atoms. The van der Waals surface area contributed by atoms with Crippen LogP contribution in [-0.4, -0.2) is 69.0 Å². The zero-order valence-corrected chi connectivity index (χ0v) is 21.1. The minimum absolute atomic E-state index is 0.120. The second kappa shape index (κ2) is 12.8. The van der Waals surface area contributed by atoms with Crippen LogP contribution in [0, 0.1) is 5.92 Å². The maximum absolute atomic E-state index is 12.9. The van der Waals surface area contributed by atoms with Gasteiger partial charge in [0, 0.05) is 38.0 Å². The number of halogens is 3. The first kappa shape index (κ1) is 28.3. The van der Waals surface area contributed by atoms with Gasteiger partial charge in [-0.25, -0.2) is 18.2 Å². The molecule has 1 N–H and O–H groups in total. The number of hydrogen-bond acceptors (Lipinski definition) is 7. The van der Waals surface area contributed by atoms with E-state index in [2.05, 4.69) is 9.73 Å². The number of benzene rings is 1. The van der Waals surface area contributed by atoms with Crippen molar-refractivity contribution < 1.29 is 40.7 Å². The number of piperazine rings is 1. The number of allylic oxidation sites excluding steroid dienone is 1. The van der Waals surface area contributed by atoms with Crippen molar-refractivity contribution in [2.45, 2.75) is 45.4 Å². The third kappa shape index (κ3) is 8.65. The van der Waals surface area contributed by atoms with Crippen LogP contribution in [0.5, 0.6) is 5.75 Å². The molecule has 0 aromatic heterocycles. The Kier molecular flexibility index (Phi) is 9.78. The van der Waals surface area contributed by atoms with E-state index in [-0.39, 0.29) is 37.6 Å². The molecular weight excluding hydrogens is 517 g/mol. The minimum atomic E-state index is -5.09. The highest BCUT2D eigenvalue weighted by Crippen LogP contribution is 2.32. The lowest BCUT2D eigenvalue weighted by Crippen LogP contribution is -2.50. The number of carbonyl (C=O) groups is 2. The van der Waals surface area contributed by atoms with E-state index >= 15 is 0 Å². The van der Waals surface area contributed by atoms with Crippen molar-refractivity contribution in [3.05, 3.63) is 35.7 Å². The molecule has 3 rings (SSSR count). The topological polar surface area (TPSA) is 118 Å². The van der Waals surface area contributed by atoms with Gasteiger partial charge in [0.05, 0.1) is 5.69 Å². The molecule has 1 saturated carbocycles. The monoisotopic (exact) mass is 546 g/mol. The van der Waals surface area contributed by atoms with Gasteiger partial charge in [-0.05, 0) is 50.0 Å². The van der Waals surface area contributed by atoms with Gasteiger partial charge >= 0.3 is 12.5 Å². The summed E-state index contributed by atoms with van der Waals surface area (Å²) in [6.45, 7) is 2.27. The summed E-state index contributed by atoms with van der Waals surface area (Å²) >= 11 is 0. The lowest BCUT2D eigenvalue weighted by Gasteiger charge is -2.34. The Hall–Kier alpha value is -3.29. The Labute approximate surface area is 214 Å². The first-order chi connectivity index (χ1) is 17.6. The molecule has 1 heterocycles. The highest BCUT2D eigenvalue weighted by Gasteiger charge is 2.33. The smallest absolute Gasteiger partial charge is 0.404 e. The van der Waals surface area contributed by atoms with Crippen molar-refractivity contribution in [3.63, 3.8) is 0 Å². The van der Waals surface area contributed by atoms with E-state index < -0.39 is 40.7 Å². The SMILES string of the molecule is C/C=N\C(=C/C1CCCCC1)OC(=O)N1CCN(C(=O)c2ccc(N[SH](=O)=O)c(OC(F)(F)F)c2)CC1. The number of thiol groups is 1. The molecule has 0 unspecified atom stereocenters. The molecule has 2 amide bonds. The number of anilines is 1. The zero-order chi connectivity index (χ0) is 27.0. The van der Waals surface area contributed by atoms with Crippen molar-refractivity contribution in [3.8, 4) is 5.75 Å². The van der Waals surface area contributed by atoms with E-state index in [1.54, 1.807) is 13.1 Å². The van der Waals surface area contributed by atoms with Crippen LogP contribution in [0.3, 0.4) is 0 Å². The molecule has 14 heteroatoms. The summed E-state index contributed by atoms with van der Waals surface area (Å²) in [5, 5.41) is 0. The normalized spacial score (nSPS) is 17.8. The van der Waals surface area contributed by atoms with Crippen LogP contribution in [0.1, 0.15) is 49.4 Å². The summed E-state index contributed by atoms with van der Waals surface area (Å²) in [5.74, 6) is -0.902. The number of nitrogens with zero attached hydrogens (tertiary/aromatic N) is 3.